The smallest absolute Gasteiger partial charge is 0.0355 e. The van der Waals surface area contributed by atoms with Crippen LogP contribution in [0.4, 0.5) is 0 Å². The van der Waals surface area contributed by atoms with Crippen molar-refractivity contribution in [2.45, 2.75) is 59.8 Å². The molecule has 0 heterocycles. The molecule has 0 saturated heterocycles. The fourth-order valence-electron chi connectivity index (χ4n) is 4.24. The molecule has 4 atom stereocenters. The number of hydrogen-bond donors (Lipinski definition) is 0. The maximum absolute atomic E-state index is 2.45. The van der Waals surface area contributed by atoms with Gasteiger partial charge in [0.05, 0.1) is 0 Å². The van der Waals surface area contributed by atoms with Gasteiger partial charge in [0, 0.05) is 0 Å². The van der Waals surface area contributed by atoms with Crippen LogP contribution in [-0.4, -0.2) is 0 Å². The Bertz CT molecular complexity index is 204. The summed E-state index contributed by atoms with van der Waals surface area (Å²) in [4.78, 5) is 0. The van der Waals surface area contributed by atoms with Crippen LogP contribution in [0, 0.1) is 35.5 Å². The first-order chi connectivity index (χ1) is 7.09. The molecule has 0 aromatic carbocycles. The monoisotopic (exact) mass is 208 g/mol. The summed E-state index contributed by atoms with van der Waals surface area (Å²) >= 11 is 0. The largest absolute Gasteiger partial charge is 0.0625 e. The summed E-state index contributed by atoms with van der Waals surface area (Å²) in [6.07, 6.45) is 7.67. The van der Waals surface area contributed by atoms with Gasteiger partial charge in [0.1, 0.15) is 0 Å². The highest BCUT2D eigenvalue weighted by atomic mass is 14.5. The summed E-state index contributed by atoms with van der Waals surface area (Å²) in [6.45, 7) is 9.75. The van der Waals surface area contributed by atoms with Crippen molar-refractivity contribution >= 4 is 0 Å². The van der Waals surface area contributed by atoms with Gasteiger partial charge in [-0.25, -0.2) is 0 Å². The van der Waals surface area contributed by atoms with Gasteiger partial charge in [0.25, 0.3) is 0 Å². The van der Waals surface area contributed by atoms with Crippen molar-refractivity contribution in [2.24, 2.45) is 35.5 Å². The molecule has 0 aromatic rings. The Balaban J connectivity index is 2.08. The maximum atomic E-state index is 2.45. The van der Waals surface area contributed by atoms with Crippen molar-refractivity contribution in [2.75, 3.05) is 0 Å². The van der Waals surface area contributed by atoms with Gasteiger partial charge in [-0.2, -0.15) is 0 Å². The van der Waals surface area contributed by atoms with E-state index in [1.165, 1.54) is 19.3 Å². The maximum Gasteiger partial charge on any atom is -0.0355 e. The van der Waals surface area contributed by atoms with Crippen LogP contribution in [-0.2, 0) is 0 Å². The molecule has 15 heavy (non-hydrogen) atoms. The Morgan fingerprint density at radius 1 is 0.867 bits per heavy atom. The predicted octanol–water partition coefficient (Wildman–Crippen LogP) is 4.74. The second-order valence-corrected chi connectivity index (χ2v) is 6.74. The van der Waals surface area contributed by atoms with Crippen molar-refractivity contribution in [3.8, 4) is 0 Å². The lowest BCUT2D eigenvalue weighted by Gasteiger charge is -2.42. The van der Waals surface area contributed by atoms with Crippen LogP contribution in [0.15, 0.2) is 0 Å². The molecule has 0 bridgehead atoms. The lowest BCUT2D eigenvalue weighted by atomic mass is 9.63. The molecule has 2 aliphatic carbocycles. The van der Waals surface area contributed by atoms with Crippen molar-refractivity contribution in [3.63, 3.8) is 0 Å². The van der Waals surface area contributed by atoms with Crippen LogP contribution in [0.25, 0.3) is 0 Å². The van der Waals surface area contributed by atoms with E-state index in [9.17, 15) is 0 Å². The lowest BCUT2D eigenvalue weighted by molar-refractivity contribution is 0.0738. The Morgan fingerprint density at radius 3 is 2.20 bits per heavy atom. The topological polar surface area (TPSA) is 0 Å². The van der Waals surface area contributed by atoms with Gasteiger partial charge in [-0.15, -0.1) is 0 Å². The Labute approximate surface area is 95.8 Å². The molecule has 0 N–H and O–H groups in total. The molecule has 0 amide bonds. The zero-order chi connectivity index (χ0) is 11.0. The van der Waals surface area contributed by atoms with Crippen molar-refractivity contribution < 1.29 is 0 Å². The average Bonchev–Trinajstić information content (AvgIpc) is 2.62. The molecule has 88 valence electrons. The first-order valence-corrected chi connectivity index (χ1v) is 7.09. The molecular weight excluding hydrogens is 180 g/mol. The van der Waals surface area contributed by atoms with E-state index < -0.39 is 0 Å². The highest BCUT2D eigenvalue weighted by Crippen LogP contribution is 2.51. The summed E-state index contributed by atoms with van der Waals surface area (Å²) < 4.78 is 0. The van der Waals surface area contributed by atoms with E-state index in [1.807, 2.05) is 0 Å². The molecule has 0 radical (unpaired) electrons. The minimum atomic E-state index is 0.910. The molecule has 0 spiro atoms. The quantitative estimate of drug-likeness (QED) is 0.615. The number of fused-ring (bicyclic) bond motifs is 1. The van der Waals surface area contributed by atoms with Crippen LogP contribution in [0.3, 0.4) is 0 Å². The van der Waals surface area contributed by atoms with Gasteiger partial charge in [0.15, 0.2) is 0 Å². The van der Waals surface area contributed by atoms with E-state index in [1.54, 1.807) is 12.8 Å². The molecule has 4 unspecified atom stereocenters. The zero-order valence-corrected chi connectivity index (χ0v) is 11.0. The second-order valence-electron chi connectivity index (χ2n) is 6.74. The van der Waals surface area contributed by atoms with E-state index in [0.29, 0.717) is 0 Å². The lowest BCUT2D eigenvalue weighted by Crippen LogP contribution is -2.34. The second kappa shape index (κ2) is 4.47. The predicted molar refractivity (Wildman–Crippen MR) is 66.7 cm³/mol. The number of hydrogen-bond acceptors (Lipinski definition) is 0. The van der Waals surface area contributed by atoms with Crippen LogP contribution < -0.4 is 0 Å². The van der Waals surface area contributed by atoms with Gasteiger partial charge in [-0.3, -0.25) is 0 Å². The highest BCUT2D eigenvalue weighted by Gasteiger charge is 2.41. The van der Waals surface area contributed by atoms with Gasteiger partial charge in [-0.1, -0.05) is 40.5 Å². The van der Waals surface area contributed by atoms with Crippen LogP contribution in [0.2, 0.25) is 0 Å². The van der Waals surface area contributed by atoms with Crippen molar-refractivity contribution in [3.05, 3.63) is 0 Å². The summed E-state index contributed by atoms with van der Waals surface area (Å²) in [7, 11) is 0. The minimum absolute atomic E-state index is 0.910. The van der Waals surface area contributed by atoms with Gasteiger partial charge >= 0.3 is 0 Å². The van der Waals surface area contributed by atoms with Gasteiger partial charge in [-0.05, 0) is 54.8 Å². The SMILES string of the molecule is CC(C)C1CC2CCCC2C(C(C)C)C1. The Hall–Kier alpha value is 0. The molecule has 0 nitrogen and oxygen atoms in total. The van der Waals surface area contributed by atoms with Crippen molar-refractivity contribution in [1.82, 2.24) is 0 Å². The van der Waals surface area contributed by atoms with Crippen LogP contribution in [0.5, 0.6) is 0 Å². The van der Waals surface area contributed by atoms with E-state index in [2.05, 4.69) is 27.7 Å². The third-order valence-corrected chi connectivity index (χ3v) is 5.25. The van der Waals surface area contributed by atoms with E-state index >= 15 is 0 Å². The summed E-state index contributed by atoms with van der Waals surface area (Å²) in [6, 6.07) is 0. The van der Waals surface area contributed by atoms with Crippen LogP contribution >= 0.6 is 0 Å². The van der Waals surface area contributed by atoms with Gasteiger partial charge < -0.3 is 0 Å². The Kier molecular flexibility index (Phi) is 3.42. The zero-order valence-electron chi connectivity index (χ0n) is 11.0. The first-order valence-electron chi connectivity index (χ1n) is 7.09. The van der Waals surface area contributed by atoms with E-state index in [4.69, 9.17) is 0 Å². The molecule has 2 aliphatic rings. The molecule has 0 aromatic heterocycles. The summed E-state index contributed by atoms with van der Waals surface area (Å²) in [5.74, 6) is 6.08. The summed E-state index contributed by atoms with van der Waals surface area (Å²) in [5.41, 5.74) is 0. The first kappa shape index (κ1) is 11.5. The highest BCUT2D eigenvalue weighted by molar-refractivity contribution is 4.91. The van der Waals surface area contributed by atoms with Crippen LogP contribution in [0.1, 0.15) is 59.8 Å². The Morgan fingerprint density at radius 2 is 1.60 bits per heavy atom. The normalized spacial score (nSPS) is 41.2. The molecule has 0 aliphatic heterocycles. The fourth-order valence-corrected chi connectivity index (χ4v) is 4.24. The molecule has 2 rings (SSSR count). The molecule has 2 fully saturated rings. The van der Waals surface area contributed by atoms with Crippen molar-refractivity contribution in [1.29, 1.82) is 0 Å². The molecule has 0 heteroatoms. The average molecular weight is 208 g/mol. The van der Waals surface area contributed by atoms with Gasteiger partial charge in [0.2, 0.25) is 0 Å². The third-order valence-electron chi connectivity index (χ3n) is 5.25. The molecular formula is C15H28. The summed E-state index contributed by atoms with van der Waals surface area (Å²) in [5, 5.41) is 0. The fraction of sp³-hybridized carbons (Fsp3) is 1.00. The van der Waals surface area contributed by atoms with E-state index in [0.717, 1.165) is 35.5 Å². The number of rotatable bonds is 2. The molecule has 2 saturated carbocycles. The third kappa shape index (κ3) is 2.24. The minimum Gasteiger partial charge on any atom is -0.0625 e. The van der Waals surface area contributed by atoms with E-state index in [-0.39, 0.29) is 0 Å². The standard InChI is InChI=1S/C15H28/c1-10(2)13-8-12-6-5-7-14(12)15(9-13)11(3)4/h10-15H,5-9H2,1-4H3.